The first kappa shape index (κ1) is 12.3. The average Bonchev–Trinajstić information content (AvgIpc) is 2.82. The summed E-state index contributed by atoms with van der Waals surface area (Å²) in [6, 6.07) is 7.04. The van der Waals surface area contributed by atoms with Crippen molar-refractivity contribution in [3.05, 3.63) is 53.6 Å². The molecule has 1 heterocycles. The van der Waals surface area contributed by atoms with Gasteiger partial charge in [-0.15, -0.1) is 0 Å². The predicted molar refractivity (Wildman–Crippen MR) is 67.2 cm³/mol. The molecule has 0 aliphatic heterocycles. The lowest BCUT2D eigenvalue weighted by molar-refractivity contribution is 0.0694. The first-order valence-electron chi connectivity index (χ1n) is 5.65. The van der Waals surface area contributed by atoms with E-state index in [4.69, 9.17) is 5.11 Å². The van der Waals surface area contributed by atoms with Gasteiger partial charge in [-0.05, 0) is 18.7 Å². The lowest BCUT2D eigenvalue weighted by atomic mass is 10.1. The number of nitrogens with zero attached hydrogens (tertiary/aromatic N) is 2. The van der Waals surface area contributed by atoms with E-state index < -0.39 is 5.97 Å². The van der Waals surface area contributed by atoms with Crippen molar-refractivity contribution in [3.63, 3.8) is 0 Å². The molecule has 0 atom stereocenters. The molecular formula is C13H15N3O2. The van der Waals surface area contributed by atoms with Crippen LogP contribution in [0, 0.1) is 0 Å². The maximum atomic E-state index is 11.1. The van der Waals surface area contributed by atoms with Gasteiger partial charge in [0, 0.05) is 18.9 Å². The van der Waals surface area contributed by atoms with E-state index in [1.54, 1.807) is 24.5 Å². The Morgan fingerprint density at radius 2 is 2.17 bits per heavy atom. The summed E-state index contributed by atoms with van der Waals surface area (Å²) in [7, 11) is 1.93. The van der Waals surface area contributed by atoms with Crippen molar-refractivity contribution in [2.75, 3.05) is 7.05 Å². The molecule has 0 amide bonds. The smallest absolute Gasteiger partial charge is 0.336 e. The number of carboxylic acid groups (broad SMARTS) is 1. The van der Waals surface area contributed by atoms with Gasteiger partial charge in [-0.1, -0.05) is 18.2 Å². The molecule has 5 heteroatoms. The number of H-pyrrole nitrogens is 1. The Bertz CT molecular complexity index is 523. The molecule has 0 aliphatic carbocycles. The number of nitrogens with one attached hydrogen (secondary N) is 1. The summed E-state index contributed by atoms with van der Waals surface area (Å²) < 4.78 is 0. The Hall–Kier alpha value is -2.14. The summed E-state index contributed by atoms with van der Waals surface area (Å²) in [5.41, 5.74) is 1.16. The second-order valence-corrected chi connectivity index (χ2v) is 4.17. The average molecular weight is 245 g/mol. The number of hydrogen-bond acceptors (Lipinski definition) is 3. The molecule has 0 aliphatic rings. The molecule has 0 fully saturated rings. The number of imidazole rings is 1. The van der Waals surface area contributed by atoms with Crippen molar-refractivity contribution >= 4 is 5.97 Å². The van der Waals surface area contributed by atoms with Gasteiger partial charge in [0.05, 0.1) is 12.1 Å². The van der Waals surface area contributed by atoms with Crippen molar-refractivity contribution in [2.45, 2.75) is 13.1 Å². The minimum atomic E-state index is -0.892. The van der Waals surface area contributed by atoms with Crippen LogP contribution in [0.25, 0.3) is 0 Å². The van der Waals surface area contributed by atoms with E-state index in [0.717, 1.165) is 11.4 Å². The number of aromatic nitrogens is 2. The summed E-state index contributed by atoms with van der Waals surface area (Å²) >= 11 is 0. The second-order valence-electron chi connectivity index (χ2n) is 4.17. The number of benzene rings is 1. The van der Waals surface area contributed by atoms with E-state index in [9.17, 15) is 4.79 Å². The number of hydrogen-bond donors (Lipinski definition) is 2. The van der Waals surface area contributed by atoms with Crippen molar-refractivity contribution in [1.29, 1.82) is 0 Å². The van der Waals surface area contributed by atoms with Crippen LogP contribution < -0.4 is 0 Å². The van der Waals surface area contributed by atoms with Crippen LogP contribution in [0.5, 0.6) is 0 Å². The zero-order valence-corrected chi connectivity index (χ0v) is 10.1. The third-order valence-electron chi connectivity index (χ3n) is 2.66. The highest BCUT2D eigenvalue weighted by Gasteiger charge is 2.11. The quantitative estimate of drug-likeness (QED) is 0.841. The van der Waals surface area contributed by atoms with Gasteiger partial charge in [0.1, 0.15) is 5.82 Å². The standard InChI is InChI=1S/C13H15N3O2/c1-16(9-12-14-6-7-15-12)8-10-4-2-3-5-11(10)13(17)18/h2-7H,8-9H2,1H3,(H,14,15)(H,17,18). The van der Waals surface area contributed by atoms with E-state index in [0.29, 0.717) is 18.7 Å². The minimum Gasteiger partial charge on any atom is -0.478 e. The van der Waals surface area contributed by atoms with Crippen LogP contribution in [-0.4, -0.2) is 33.0 Å². The third kappa shape index (κ3) is 2.95. The lowest BCUT2D eigenvalue weighted by Gasteiger charge is -2.16. The van der Waals surface area contributed by atoms with Crippen molar-refractivity contribution < 1.29 is 9.90 Å². The number of rotatable bonds is 5. The number of aromatic amines is 1. The Balaban J connectivity index is 2.07. The van der Waals surface area contributed by atoms with Gasteiger partial charge in [0.25, 0.3) is 0 Å². The normalized spacial score (nSPS) is 10.8. The molecule has 18 heavy (non-hydrogen) atoms. The van der Waals surface area contributed by atoms with E-state index in [2.05, 4.69) is 9.97 Å². The number of aromatic carboxylic acids is 1. The van der Waals surface area contributed by atoms with Gasteiger partial charge in [0.2, 0.25) is 0 Å². The molecule has 2 aromatic rings. The van der Waals surface area contributed by atoms with Crippen molar-refractivity contribution in [3.8, 4) is 0 Å². The van der Waals surface area contributed by atoms with Gasteiger partial charge < -0.3 is 10.1 Å². The molecule has 0 spiro atoms. The molecule has 2 rings (SSSR count). The van der Waals surface area contributed by atoms with Gasteiger partial charge >= 0.3 is 5.97 Å². The Morgan fingerprint density at radius 3 is 2.83 bits per heavy atom. The topological polar surface area (TPSA) is 69.2 Å². The first-order chi connectivity index (χ1) is 8.66. The predicted octanol–water partition coefficient (Wildman–Crippen LogP) is 1.74. The highest BCUT2D eigenvalue weighted by atomic mass is 16.4. The molecule has 0 saturated heterocycles. The van der Waals surface area contributed by atoms with Crippen LogP contribution in [0.1, 0.15) is 21.7 Å². The zero-order valence-electron chi connectivity index (χ0n) is 10.1. The fraction of sp³-hybridized carbons (Fsp3) is 0.231. The molecular weight excluding hydrogens is 230 g/mol. The number of carboxylic acids is 1. The molecule has 2 N–H and O–H groups in total. The maximum Gasteiger partial charge on any atom is 0.336 e. The first-order valence-corrected chi connectivity index (χ1v) is 5.65. The van der Waals surface area contributed by atoms with Gasteiger partial charge in [-0.2, -0.15) is 0 Å². The van der Waals surface area contributed by atoms with Gasteiger partial charge in [0.15, 0.2) is 0 Å². The summed E-state index contributed by atoms with van der Waals surface area (Å²) in [5.74, 6) is -0.0256. The fourth-order valence-electron chi connectivity index (χ4n) is 1.85. The lowest BCUT2D eigenvalue weighted by Crippen LogP contribution is -2.19. The van der Waals surface area contributed by atoms with E-state index >= 15 is 0 Å². The largest absolute Gasteiger partial charge is 0.478 e. The highest BCUT2D eigenvalue weighted by Crippen LogP contribution is 2.12. The molecule has 0 bridgehead atoms. The van der Waals surface area contributed by atoms with Crippen LogP contribution in [0.15, 0.2) is 36.7 Å². The molecule has 0 unspecified atom stereocenters. The van der Waals surface area contributed by atoms with Crippen molar-refractivity contribution in [1.82, 2.24) is 14.9 Å². The number of carbonyl (C=O) groups is 1. The SMILES string of the molecule is CN(Cc1ncc[nH]1)Cc1ccccc1C(=O)O. The summed E-state index contributed by atoms with van der Waals surface area (Å²) in [6.45, 7) is 1.23. The molecule has 0 saturated carbocycles. The highest BCUT2D eigenvalue weighted by molar-refractivity contribution is 5.89. The Labute approximate surface area is 105 Å². The van der Waals surface area contributed by atoms with Crippen LogP contribution >= 0.6 is 0 Å². The summed E-state index contributed by atoms with van der Waals surface area (Å²) in [4.78, 5) is 20.3. The summed E-state index contributed by atoms with van der Waals surface area (Å²) in [5, 5.41) is 9.10. The molecule has 1 aromatic heterocycles. The molecule has 94 valence electrons. The molecule has 0 radical (unpaired) electrons. The fourth-order valence-corrected chi connectivity index (χ4v) is 1.85. The monoisotopic (exact) mass is 245 g/mol. The van der Waals surface area contributed by atoms with Gasteiger partial charge in [-0.25, -0.2) is 9.78 Å². The molecule has 1 aromatic carbocycles. The van der Waals surface area contributed by atoms with Crippen LogP contribution in [-0.2, 0) is 13.1 Å². The third-order valence-corrected chi connectivity index (χ3v) is 2.66. The van der Waals surface area contributed by atoms with E-state index in [-0.39, 0.29) is 0 Å². The van der Waals surface area contributed by atoms with E-state index in [1.807, 2.05) is 24.1 Å². The summed E-state index contributed by atoms with van der Waals surface area (Å²) in [6.07, 6.45) is 3.47. The van der Waals surface area contributed by atoms with Crippen LogP contribution in [0.2, 0.25) is 0 Å². The van der Waals surface area contributed by atoms with E-state index in [1.165, 1.54) is 0 Å². The Kier molecular flexibility index (Phi) is 3.74. The van der Waals surface area contributed by atoms with Crippen LogP contribution in [0.3, 0.4) is 0 Å². The minimum absolute atomic E-state index is 0.351. The van der Waals surface area contributed by atoms with Crippen molar-refractivity contribution in [2.24, 2.45) is 0 Å². The zero-order chi connectivity index (χ0) is 13.0. The Morgan fingerprint density at radius 1 is 1.39 bits per heavy atom. The maximum absolute atomic E-state index is 11.1. The van der Waals surface area contributed by atoms with Gasteiger partial charge in [-0.3, -0.25) is 4.90 Å². The second kappa shape index (κ2) is 5.46. The van der Waals surface area contributed by atoms with Crippen LogP contribution in [0.4, 0.5) is 0 Å². The molecule has 5 nitrogen and oxygen atoms in total.